The number of carbonyl (C=O) groups is 1. The predicted octanol–water partition coefficient (Wildman–Crippen LogP) is 1.67. The minimum absolute atomic E-state index is 0.0241. The highest BCUT2D eigenvalue weighted by Gasteiger charge is 2.30. The molecule has 0 bridgehead atoms. The molecule has 0 radical (unpaired) electrons. The Labute approximate surface area is 91.8 Å². The van der Waals surface area contributed by atoms with Gasteiger partial charge in [0.2, 0.25) is 0 Å². The topological polar surface area (TPSA) is 29.5 Å². The number of esters is 1. The second-order valence-electron chi connectivity index (χ2n) is 4.92. The van der Waals surface area contributed by atoms with E-state index < -0.39 is 0 Å². The van der Waals surface area contributed by atoms with Crippen molar-refractivity contribution in [1.82, 2.24) is 4.90 Å². The maximum absolute atomic E-state index is 11.3. The number of methoxy groups -OCH3 is 1. The highest BCUT2D eigenvalue weighted by atomic mass is 16.5. The Balaban J connectivity index is 1.74. The van der Waals surface area contributed by atoms with E-state index in [0.717, 1.165) is 25.4 Å². The summed E-state index contributed by atoms with van der Waals surface area (Å²) in [6, 6.07) is 0. The van der Waals surface area contributed by atoms with Gasteiger partial charge in [-0.25, -0.2) is 0 Å². The first-order valence-electron chi connectivity index (χ1n) is 6.10. The van der Waals surface area contributed by atoms with Crippen LogP contribution in [-0.4, -0.2) is 37.6 Å². The molecule has 2 aliphatic rings. The van der Waals surface area contributed by atoms with Crippen molar-refractivity contribution < 1.29 is 9.53 Å². The normalized spacial score (nSPS) is 28.5. The lowest BCUT2D eigenvalue weighted by molar-refractivity contribution is -0.144. The Morgan fingerprint density at radius 2 is 2.07 bits per heavy atom. The Morgan fingerprint density at radius 3 is 2.73 bits per heavy atom. The highest BCUT2D eigenvalue weighted by molar-refractivity contribution is 5.72. The molecule has 0 aromatic carbocycles. The van der Waals surface area contributed by atoms with E-state index in [2.05, 4.69) is 4.90 Å². The van der Waals surface area contributed by atoms with Crippen molar-refractivity contribution >= 4 is 5.97 Å². The van der Waals surface area contributed by atoms with E-state index >= 15 is 0 Å². The van der Waals surface area contributed by atoms with Gasteiger partial charge in [-0.15, -0.1) is 0 Å². The monoisotopic (exact) mass is 211 g/mol. The standard InChI is InChI=1S/C12H21NO2/c1-15-12(14)11-6-7-13(9-11)8-10-4-2-3-5-10/h10-11H,2-9H2,1H3. The molecule has 1 unspecified atom stereocenters. The second-order valence-corrected chi connectivity index (χ2v) is 4.92. The summed E-state index contributed by atoms with van der Waals surface area (Å²) >= 11 is 0. The van der Waals surface area contributed by atoms with Gasteiger partial charge in [0.25, 0.3) is 0 Å². The number of likely N-dealkylation sites (tertiary alicyclic amines) is 1. The summed E-state index contributed by atoms with van der Waals surface area (Å²) in [6.07, 6.45) is 6.57. The Kier molecular flexibility index (Phi) is 3.62. The van der Waals surface area contributed by atoms with Crippen LogP contribution in [0.3, 0.4) is 0 Å². The first-order valence-corrected chi connectivity index (χ1v) is 6.10. The van der Waals surface area contributed by atoms with Crippen LogP contribution in [0.4, 0.5) is 0 Å². The molecule has 1 aliphatic carbocycles. The molecule has 3 nitrogen and oxygen atoms in total. The van der Waals surface area contributed by atoms with E-state index in [0.29, 0.717) is 0 Å². The van der Waals surface area contributed by atoms with Crippen molar-refractivity contribution in [2.45, 2.75) is 32.1 Å². The average molecular weight is 211 g/mol. The molecule has 0 N–H and O–H groups in total. The van der Waals surface area contributed by atoms with Crippen LogP contribution in [0.25, 0.3) is 0 Å². The van der Waals surface area contributed by atoms with Crippen molar-refractivity contribution in [3.63, 3.8) is 0 Å². The minimum Gasteiger partial charge on any atom is -0.469 e. The molecule has 1 aliphatic heterocycles. The molecule has 1 atom stereocenters. The summed E-state index contributed by atoms with van der Waals surface area (Å²) in [5.74, 6) is 1.00. The lowest BCUT2D eigenvalue weighted by atomic mass is 10.1. The molecule has 15 heavy (non-hydrogen) atoms. The van der Waals surface area contributed by atoms with E-state index in [-0.39, 0.29) is 11.9 Å². The van der Waals surface area contributed by atoms with Crippen molar-refractivity contribution in [1.29, 1.82) is 0 Å². The molecule has 2 rings (SSSR count). The van der Waals surface area contributed by atoms with Gasteiger partial charge in [0, 0.05) is 13.1 Å². The smallest absolute Gasteiger partial charge is 0.310 e. The third kappa shape index (κ3) is 2.71. The minimum atomic E-state index is -0.0241. The Bertz CT molecular complexity index is 224. The summed E-state index contributed by atoms with van der Waals surface area (Å²) in [4.78, 5) is 13.8. The number of ether oxygens (including phenoxy) is 1. The molecule has 0 aromatic rings. The molecule has 2 fully saturated rings. The number of carbonyl (C=O) groups excluding carboxylic acids is 1. The van der Waals surface area contributed by atoms with Crippen LogP contribution in [0.1, 0.15) is 32.1 Å². The molecule has 3 heteroatoms. The molecule has 0 aromatic heterocycles. The van der Waals surface area contributed by atoms with Crippen LogP contribution in [0.2, 0.25) is 0 Å². The highest BCUT2D eigenvalue weighted by Crippen LogP contribution is 2.27. The van der Waals surface area contributed by atoms with E-state index in [4.69, 9.17) is 4.74 Å². The fourth-order valence-corrected chi connectivity index (χ4v) is 2.92. The van der Waals surface area contributed by atoms with Crippen molar-refractivity contribution in [2.24, 2.45) is 11.8 Å². The lowest BCUT2D eigenvalue weighted by Crippen LogP contribution is -2.28. The summed E-state index contributed by atoms with van der Waals surface area (Å²) in [7, 11) is 1.49. The maximum atomic E-state index is 11.3. The third-order valence-electron chi connectivity index (χ3n) is 3.80. The van der Waals surface area contributed by atoms with Gasteiger partial charge in [0.05, 0.1) is 13.0 Å². The van der Waals surface area contributed by atoms with Gasteiger partial charge in [-0.05, 0) is 31.7 Å². The van der Waals surface area contributed by atoms with Gasteiger partial charge in [0.15, 0.2) is 0 Å². The summed E-state index contributed by atoms with van der Waals surface area (Å²) in [5, 5.41) is 0. The first kappa shape index (κ1) is 10.9. The Morgan fingerprint density at radius 1 is 1.33 bits per heavy atom. The quantitative estimate of drug-likeness (QED) is 0.665. The number of hydrogen-bond acceptors (Lipinski definition) is 3. The first-order chi connectivity index (χ1) is 7.29. The van der Waals surface area contributed by atoms with Crippen LogP contribution in [-0.2, 0) is 9.53 Å². The van der Waals surface area contributed by atoms with E-state index in [1.54, 1.807) is 0 Å². The van der Waals surface area contributed by atoms with Gasteiger partial charge in [0.1, 0.15) is 0 Å². The largest absolute Gasteiger partial charge is 0.469 e. The number of nitrogens with zero attached hydrogens (tertiary/aromatic N) is 1. The maximum Gasteiger partial charge on any atom is 0.310 e. The van der Waals surface area contributed by atoms with Gasteiger partial charge in [-0.3, -0.25) is 4.79 Å². The second kappa shape index (κ2) is 4.97. The predicted molar refractivity (Wildman–Crippen MR) is 58.5 cm³/mol. The molecule has 0 spiro atoms. The summed E-state index contributed by atoms with van der Waals surface area (Å²) in [6.45, 7) is 3.20. The fraction of sp³-hybridized carbons (Fsp3) is 0.917. The van der Waals surface area contributed by atoms with Gasteiger partial charge < -0.3 is 9.64 Å². The molecular weight excluding hydrogens is 190 g/mol. The van der Waals surface area contributed by atoms with Crippen LogP contribution in [0.15, 0.2) is 0 Å². The SMILES string of the molecule is COC(=O)C1CCN(CC2CCCC2)C1. The number of rotatable bonds is 3. The van der Waals surface area contributed by atoms with Crippen molar-refractivity contribution in [2.75, 3.05) is 26.7 Å². The van der Waals surface area contributed by atoms with Gasteiger partial charge >= 0.3 is 5.97 Å². The summed E-state index contributed by atoms with van der Waals surface area (Å²) < 4.78 is 4.79. The van der Waals surface area contributed by atoms with Gasteiger partial charge in [-0.2, -0.15) is 0 Å². The average Bonchev–Trinajstić information content (AvgIpc) is 2.88. The number of hydrogen-bond donors (Lipinski definition) is 0. The van der Waals surface area contributed by atoms with Crippen molar-refractivity contribution in [3.05, 3.63) is 0 Å². The van der Waals surface area contributed by atoms with Crippen molar-refractivity contribution in [3.8, 4) is 0 Å². The third-order valence-corrected chi connectivity index (χ3v) is 3.80. The zero-order chi connectivity index (χ0) is 10.7. The summed E-state index contributed by atoms with van der Waals surface area (Å²) in [5.41, 5.74) is 0. The van der Waals surface area contributed by atoms with Crippen LogP contribution < -0.4 is 0 Å². The zero-order valence-electron chi connectivity index (χ0n) is 9.58. The molecule has 1 heterocycles. The Hall–Kier alpha value is -0.570. The molecule has 0 amide bonds. The van der Waals surface area contributed by atoms with E-state index in [1.165, 1.54) is 39.3 Å². The fourth-order valence-electron chi connectivity index (χ4n) is 2.92. The lowest BCUT2D eigenvalue weighted by Gasteiger charge is -2.19. The van der Waals surface area contributed by atoms with Crippen LogP contribution >= 0.6 is 0 Å². The molecule has 1 saturated heterocycles. The molecule has 86 valence electrons. The van der Waals surface area contributed by atoms with E-state index in [1.807, 2.05) is 0 Å². The molecular formula is C12H21NO2. The zero-order valence-corrected chi connectivity index (χ0v) is 9.58. The molecule has 1 saturated carbocycles. The van der Waals surface area contributed by atoms with E-state index in [9.17, 15) is 4.79 Å². The van der Waals surface area contributed by atoms with Crippen LogP contribution in [0, 0.1) is 11.8 Å². The van der Waals surface area contributed by atoms with Gasteiger partial charge in [-0.1, -0.05) is 12.8 Å². The van der Waals surface area contributed by atoms with Crippen LogP contribution in [0.5, 0.6) is 0 Å².